The summed E-state index contributed by atoms with van der Waals surface area (Å²) in [5.41, 5.74) is 5.31. The van der Waals surface area contributed by atoms with Crippen molar-refractivity contribution in [1.29, 1.82) is 5.26 Å². The van der Waals surface area contributed by atoms with Crippen molar-refractivity contribution < 1.29 is 4.79 Å². The van der Waals surface area contributed by atoms with Crippen LogP contribution in [0.25, 0.3) is 22.4 Å². The van der Waals surface area contributed by atoms with Gasteiger partial charge in [-0.15, -0.1) is 0 Å². The molecule has 1 amide bonds. The maximum Gasteiger partial charge on any atom is 0.238 e. The molecule has 0 bridgehead atoms. The molecule has 0 unspecified atom stereocenters. The number of hydrogen-bond donors (Lipinski definition) is 1. The number of nitrogens with zero attached hydrogens (tertiary/aromatic N) is 4. The Hall–Kier alpha value is -4.24. The van der Waals surface area contributed by atoms with E-state index in [0.29, 0.717) is 12.2 Å². The summed E-state index contributed by atoms with van der Waals surface area (Å²) >= 11 is 0. The van der Waals surface area contributed by atoms with Gasteiger partial charge in [-0.1, -0.05) is 42.5 Å². The molecule has 6 nitrogen and oxygen atoms in total. The van der Waals surface area contributed by atoms with E-state index in [-0.39, 0.29) is 12.3 Å². The number of rotatable bonds is 6. The number of anilines is 1. The van der Waals surface area contributed by atoms with Gasteiger partial charge in [0.05, 0.1) is 24.0 Å². The van der Waals surface area contributed by atoms with Gasteiger partial charge in [-0.2, -0.15) is 10.4 Å². The Labute approximate surface area is 174 Å². The Bertz CT molecular complexity index is 1190. The number of nitrogens with one attached hydrogen (secondary N) is 1. The number of carbonyl (C=O) groups excluding carboxylic acids is 1. The summed E-state index contributed by atoms with van der Waals surface area (Å²) in [6, 6.07) is 23.5. The van der Waals surface area contributed by atoms with Gasteiger partial charge in [0.15, 0.2) is 0 Å². The third-order valence-corrected chi connectivity index (χ3v) is 4.62. The van der Waals surface area contributed by atoms with Crippen LogP contribution in [0.5, 0.6) is 0 Å². The molecule has 4 rings (SSSR count). The smallest absolute Gasteiger partial charge is 0.238 e. The predicted molar refractivity (Wildman–Crippen MR) is 115 cm³/mol. The van der Waals surface area contributed by atoms with Crippen LogP contribution in [0.2, 0.25) is 0 Å². The second-order valence-corrected chi connectivity index (χ2v) is 6.77. The number of amides is 1. The van der Waals surface area contributed by atoms with Crippen LogP contribution in [0, 0.1) is 11.3 Å². The number of carbonyl (C=O) groups is 1. The molecule has 0 aliphatic heterocycles. The highest BCUT2D eigenvalue weighted by Crippen LogP contribution is 2.32. The Morgan fingerprint density at radius 1 is 1.03 bits per heavy atom. The molecule has 0 spiro atoms. The van der Waals surface area contributed by atoms with Crippen molar-refractivity contribution in [3.05, 3.63) is 90.9 Å². The van der Waals surface area contributed by atoms with Crippen molar-refractivity contribution >= 4 is 11.6 Å². The Kier molecular flexibility index (Phi) is 5.63. The van der Waals surface area contributed by atoms with Gasteiger partial charge in [-0.3, -0.25) is 14.5 Å². The summed E-state index contributed by atoms with van der Waals surface area (Å²) in [5.74, 6) is -0.346. The molecule has 2 heterocycles. The maximum atomic E-state index is 12.0. The summed E-state index contributed by atoms with van der Waals surface area (Å²) < 4.78 is 1.84. The van der Waals surface area contributed by atoms with E-state index in [9.17, 15) is 4.79 Å². The molecular formula is C24H19N5O. The van der Waals surface area contributed by atoms with Crippen LogP contribution in [0.1, 0.15) is 12.0 Å². The topological polar surface area (TPSA) is 83.6 Å². The predicted octanol–water partition coefficient (Wildman–Crippen LogP) is 4.51. The lowest BCUT2D eigenvalue weighted by Crippen LogP contribution is -2.11. The van der Waals surface area contributed by atoms with Gasteiger partial charge in [0, 0.05) is 24.2 Å². The first-order valence-corrected chi connectivity index (χ1v) is 9.52. The van der Waals surface area contributed by atoms with Crippen LogP contribution in [0.3, 0.4) is 0 Å². The lowest BCUT2D eigenvalue weighted by Gasteiger charge is -2.11. The molecule has 30 heavy (non-hydrogen) atoms. The van der Waals surface area contributed by atoms with E-state index in [1.54, 1.807) is 6.20 Å². The van der Waals surface area contributed by atoms with Gasteiger partial charge in [-0.05, 0) is 41.0 Å². The lowest BCUT2D eigenvalue weighted by molar-refractivity contribution is -0.115. The zero-order chi connectivity index (χ0) is 20.8. The summed E-state index contributed by atoms with van der Waals surface area (Å²) in [7, 11) is 0. The molecule has 0 fully saturated rings. The molecule has 2 aromatic heterocycles. The molecule has 6 heteroatoms. The minimum atomic E-state index is -0.346. The van der Waals surface area contributed by atoms with Gasteiger partial charge >= 0.3 is 0 Å². The molecule has 4 aromatic rings. The minimum Gasteiger partial charge on any atom is -0.325 e. The van der Waals surface area contributed by atoms with Crippen LogP contribution in [-0.4, -0.2) is 20.7 Å². The SMILES string of the molecule is N#CCC(=O)Nc1ccc(-c2ccccc2)cc1-c1ccn(Cc2cccnc2)n1. The molecule has 0 atom stereocenters. The largest absolute Gasteiger partial charge is 0.325 e. The monoisotopic (exact) mass is 393 g/mol. The standard InChI is InChI=1S/C24H19N5O/c25-12-10-24(30)27-22-9-8-20(19-6-2-1-3-7-19)15-21(22)23-11-14-29(28-23)17-18-5-4-13-26-16-18/h1-9,11,13-16H,10,17H2,(H,27,30). The molecule has 0 aliphatic rings. The average molecular weight is 393 g/mol. The fourth-order valence-electron chi connectivity index (χ4n) is 3.21. The summed E-state index contributed by atoms with van der Waals surface area (Å²) in [6.07, 6.45) is 5.25. The van der Waals surface area contributed by atoms with Gasteiger partial charge in [0.1, 0.15) is 6.42 Å². The van der Waals surface area contributed by atoms with Crippen molar-refractivity contribution in [3.8, 4) is 28.5 Å². The zero-order valence-corrected chi connectivity index (χ0v) is 16.2. The highest BCUT2D eigenvalue weighted by atomic mass is 16.1. The van der Waals surface area contributed by atoms with Crippen molar-refractivity contribution in [2.45, 2.75) is 13.0 Å². The molecule has 0 radical (unpaired) electrons. The molecule has 0 saturated carbocycles. The van der Waals surface area contributed by atoms with Crippen LogP contribution in [0.15, 0.2) is 85.3 Å². The number of nitriles is 1. The molecule has 2 aromatic carbocycles. The third kappa shape index (κ3) is 4.42. The van der Waals surface area contributed by atoms with E-state index < -0.39 is 0 Å². The number of pyridine rings is 1. The van der Waals surface area contributed by atoms with Gasteiger partial charge in [0.2, 0.25) is 5.91 Å². The molecule has 0 aliphatic carbocycles. The second kappa shape index (κ2) is 8.84. The first-order chi connectivity index (χ1) is 14.7. The van der Waals surface area contributed by atoms with E-state index in [1.165, 1.54) is 0 Å². The number of aromatic nitrogens is 3. The fraction of sp³-hybridized carbons (Fsp3) is 0.0833. The summed E-state index contributed by atoms with van der Waals surface area (Å²) in [6.45, 7) is 0.600. The number of benzene rings is 2. The van der Waals surface area contributed by atoms with E-state index in [4.69, 9.17) is 10.4 Å². The van der Waals surface area contributed by atoms with E-state index >= 15 is 0 Å². The number of hydrogen-bond acceptors (Lipinski definition) is 4. The lowest BCUT2D eigenvalue weighted by atomic mass is 10.00. The maximum absolute atomic E-state index is 12.0. The van der Waals surface area contributed by atoms with Crippen molar-refractivity contribution in [2.24, 2.45) is 0 Å². The molecule has 0 saturated heterocycles. The normalized spacial score (nSPS) is 10.4. The summed E-state index contributed by atoms with van der Waals surface area (Å²) in [5, 5.41) is 16.3. The first-order valence-electron chi connectivity index (χ1n) is 9.52. The average Bonchev–Trinajstić information content (AvgIpc) is 3.24. The van der Waals surface area contributed by atoms with E-state index in [0.717, 1.165) is 27.9 Å². The summed E-state index contributed by atoms with van der Waals surface area (Å²) in [4.78, 5) is 16.2. The zero-order valence-electron chi connectivity index (χ0n) is 16.2. The van der Waals surface area contributed by atoms with E-state index in [1.807, 2.05) is 89.9 Å². The van der Waals surface area contributed by atoms with Gasteiger partial charge in [-0.25, -0.2) is 0 Å². The van der Waals surface area contributed by atoms with Crippen LogP contribution in [-0.2, 0) is 11.3 Å². The van der Waals surface area contributed by atoms with Gasteiger partial charge in [0.25, 0.3) is 0 Å². The Balaban J connectivity index is 1.70. The van der Waals surface area contributed by atoms with Crippen LogP contribution < -0.4 is 5.32 Å². The third-order valence-electron chi connectivity index (χ3n) is 4.62. The first kappa shape index (κ1) is 19.1. The highest BCUT2D eigenvalue weighted by molar-refractivity contribution is 5.97. The molecule has 1 N–H and O–H groups in total. The highest BCUT2D eigenvalue weighted by Gasteiger charge is 2.13. The molecular weight excluding hydrogens is 374 g/mol. The van der Waals surface area contributed by atoms with Gasteiger partial charge < -0.3 is 5.32 Å². The van der Waals surface area contributed by atoms with Crippen molar-refractivity contribution in [1.82, 2.24) is 14.8 Å². The van der Waals surface area contributed by atoms with Crippen molar-refractivity contribution in [3.63, 3.8) is 0 Å². The quantitative estimate of drug-likeness (QED) is 0.522. The minimum absolute atomic E-state index is 0.199. The fourth-order valence-corrected chi connectivity index (χ4v) is 3.21. The van der Waals surface area contributed by atoms with Crippen molar-refractivity contribution in [2.75, 3.05) is 5.32 Å². The Morgan fingerprint density at radius 3 is 2.67 bits per heavy atom. The Morgan fingerprint density at radius 2 is 1.90 bits per heavy atom. The second-order valence-electron chi connectivity index (χ2n) is 6.77. The molecule has 146 valence electrons. The van der Waals surface area contributed by atoms with E-state index in [2.05, 4.69) is 10.3 Å². The van der Waals surface area contributed by atoms with Crippen LogP contribution in [0.4, 0.5) is 5.69 Å². The van der Waals surface area contributed by atoms with Crippen LogP contribution >= 0.6 is 0 Å².